The molecule has 0 radical (unpaired) electrons. The summed E-state index contributed by atoms with van der Waals surface area (Å²) in [5.41, 5.74) is -0.271. The van der Waals surface area contributed by atoms with Gasteiger partial charge in [0.25, 0.3) is 0 Å². The van der Waals surface area contributed by atoms with Crippen molar-refractivity contribution in [2.24, 2.45) is 0 Å². The van der Waals surface area contributed by atoms with Gasteiger partial charge in [-0.25, -0.2) is 0 Å². The van der Waals surface area contributed by atoms with Gasteiger partial charge >= 0.3 is 6.18 Å². The van der Waals surface area contributed by atoms with Crippen molar-refractivity contribution in [3.05, 3.63) is 58.6 Å². The van der Waals surface area contributed by atoms with Crippen LogP contribution in [0, 0.1) is 0 Å². The van der Waals surface area contributed by atoms with Crippen molar-refractivity contribution in [1.82, 2.24) is 10.2 Å². The number of amides is 2. The maximum Gasteiger partial charge on any atom is 0.416 e. The van der Waals surface area contributed by atoms with E-state index >= 15 is 0 Å². The zero-order chi connectivity index (χ0) is 24.0. The average Bonchev–Trinajstić information content (AvgIpc) is 3.20. The zero-order valence-corrected chi connectivity index (χ0v) is 19.3. The molecule has 1 heterocycles. The first kappa shape index (κ1) is 24.8. The van der Waals surface area contributed by atoms with Crippen LogP contribution >= 0.6 is 34.7 Å². The van der Waals surface area contributed by atoms with Gasteiger partial charge in [-0.15, -0.1) is 10.2 Å². The normalized spacial score (nSPS) is 11.2. The fourth-order valence-corrected chi connectivity index (χ4v) is 4.25. The summed E-state index contributed by atoms with van der Waals surface area (Å²) in [6.07, 6.45) is -4.42. The Morgan fingerprint density at radius 2 is 1.82 bits per heavy atom. The van der Waals surface area contributed by atoms with Crippen molar-refractivity contribution < 1.29 is 27.5 Å². The summed E-state index contributed by atoms with van der Waals surface area (Å²) >= 11 is 7.97. The molecule has 0 unspecified atom stereocenters. The number of rotatable bonds is 8. The number of thioether (sulfide) groups is 1. The third-order valence-electron chi connectivity index (χ3n) is 4.07. The van der Waals surface area contributed by atoms with Gasteiger partial charge in [0, 0.05) is 0 Å². The van der Waals surface area contributed by atoms with E-state index in [1.807, 2.05) is 0 Å². The molecular formula is C20H16ClF3N4O3S2. The summed E-state index contributed by atoms with van der Waals surface area (Å²) in [5, 5.41) is 13.0. The first-order valence-corrected chi connectivity index (χ1v) is 11.4. The van der Waals surface area contributed by atoms with E-state index in [0.29, 0.717) is 10.1 Å². The Kier molecular flexibility index (Phi) is 8.16. The van der Waals surface area contributed by atoms with E-state index in [1.165, 1.54) is 0 Å². The number of methoxy groups -OCH3 is 1. The van der Waals surface area contributed by atoms with Crippen LogP contribution in [0.2, 0.25) is 5.02 Å². The maximum atomic E-state index is 12.8. The summed E-state index contributed by atoms with van der Waals surface area (Å²) in [7, 11) is 1.55. The number of aromatic nitrogens is 2. The molecule has 0 bridgehead atoms. The molecule has 0 aliphatic rings. The number of carbonyl (C=O) groups is 2. The molecule has 0 aliphatic carbocycles. The number of benzene rings is 2. The summed E-state index contributed by atoms with van der Waals surface area (Å²) in [6, 6.07) is 9.72. The van der Waals surface area contributed by atoms with E-state index in [0.717, 1.165) is 46.9 Å². The number of nitrogens with zero attached hydrogens (tertiary/aromatic N) is 2. The van der Waals surface area contributed by atoms with Gasteiger partial charge < -0.3 is 15.4 Å². The van der Waals surface area contributed by atoms with Gasteiger partial charge in [-0.3, -0.25) is 9.59 Å². The molecule has 174 valence electrons. The van der Waals surface area contributed by atoms with E-state index in [-0.39, 0.29) is 33.9 Å². The lowest BCUT2D eigenvalue weighted by Gasteiger charge is -2.11. The van der Waals surface area contributed by atoms with Gasteiger partial charge in [0.1, 0.15) is 5.75 Å². The largest absolute Gasteiger partial charge is 0.497 e. The molecule has 33 heavy (non-hydrogen) atoms. The molecule has 3 rings (SSSR count). The van der Waals surface area contributed by atoms with E-state index in [9.17, 15) is 22.8 Å². The Balaban J connectivity index is 1.50. The Bertz CT molecular complexity index is 1140. The molecule has 2 aromatic carbocycles. The van der Waals surface area contributed by atoms with Crippen molar-refractivity contribution in [2.75, 3.05) is 23.5 Å². The van der Waals surface area contributed by atoms with Gasteiger partial charge in [0.05, 0.1) is 35.6 Å². The second-order valence-electron chi connectivity index (χ2n) is 6.48. The number of anilines is 2. The van der Waals surface area contributed by atoms with Gasteiger partial charge in [0.2, 0.25) is 16.9 Å². The minimum atomic E-state index is -4.56. The quantitative estimate of drug-likeness (QED) is 0.318. The maximum absolute atomic E-state index is 12.8. The van der Waals surface area contributed by atoms with Gasteiger partial charge in [-0.1, -0.05) is 46.8 Å². The summed E-state index contributed by atoms with van der Waals surface area (Å²) in [5.74, 6) is -0.309. The fraction of sp³-hybridized carbons (Fsp3) is 0.200. The molecule has 3 aromatic rings. The number of halogens is 4. The molecule has 1 aromatic heterocycles. The van der Waals surface area contributed by atoms with Crippen molar-refractivity contribution in [3.8, 4) is 5.75 Å². The highest BCUT2D eigenvalue weighted by molar-refractivity contribution is 8.01. The van der Waals surface area contributed by atoms with Crippen LogP contribution in [0.25, 0.3) is 0 Å². The Morgan fingerprint density at radius 3 is 2.48 bits per heavy atom. The molecule has 0 aliphatic heterocycles. The fourth-order valence-electron chi connectivity index (χ4n) is 2.52. The molecule has 0 fully saturated rings. The minimum absolute atomic E-state index is 0.0147. The third-order valence-corrected chi connectivity index (χ3v) is 6.37. The second-order valence-corrected chi connectivity index (χ2v) is 9.08. The van der Waals surface area contributed by atoms with Gasteiger partial charge in [-0.2, -0.15) is 13.2 Å². The number of nitrogens with one attached hydrogen (secondary N) is 2. The van der Waals surface area contributed by atoms with E-state index in [1.54, 1.807) is 31.4 Å². The van der Waals surface area contributed by atoms with Gasteiger partial charge in [-0.05, 0) is 35.9 Å². The van der Waals surface area contributed by atoms with E-state index in [4.69, 9.17) is 16.3 Å². The monoisotopic (exact) mass is 516 g/mol. The SMILES string of the molecule is COc1ccc(CC(=O)Nc2nnc(SCC(=O)Nc3cc(C(F)(F)F)ccc3Cl)s2)cc1. The smallest absolute Gasteiger partial charge is 0.416 e. The summed E-state index contributed by atoms with van der Waals surface area (Å²) < 4.78 is 44.0. The highest BCUT2D eigenvalue weighted by atomic mass is 35.5. The van der Waals surface area contributed by atoms with Crippen LogP contribution in [0.3, 0.4) is 0 Å². The summed E-state index contributed by atoms with van der Waals surface area (Å²) in [4.78, 5) is 24.3. The second kappa shape index (κ2) is 10.9. The van der Waals surface area contributed by atoms with Crippen LogP contribution < -0.4 is 15.4 Å². The van der Waals surface area contributed by atoms with E-state index in [2.05, 4.69) is 20.8 Å². The van der Waals surface area contributed by atoms with Crippen LogP contribution in [0.15, 0.2) is 46.8 Å². The lowest BCUT2D eigenvalue weighted by Crippen LogP contribution is -2.15. The minimum Gasteiger partial charge on any atom is -0.497 e. The highest BCUT2D eigenvalue weighted by Crippen LogP contribution is 2.34. The molecular weight excluding hydrogens is 501 g/mol. The molecule has 0 saturated heterocycles. The first-order valence-electron chi connectivity index (χ1n) is 9.19. The third kappa shape index (κ3) is 7.34. The van der Waals surface area contributed by atoms with Crippen molar-refractivity contribution in [1.29, 1.82) is 0 Å². The Hall–Kier alpha value is -2.83. The molecule has 0 spiro atoms. The number of alkyl halides is 3. The molecule has 2 amide bonds. The average molecular weight is 517 g/mol. The predicted octanol–water partition coefficient (Wildman–Crippen LogP) is 5.13. The number of carbonyl (C=O) groups excluding carboxylic acids is 2. The molecule has 0 atom stereocenters. The topological polar surface area (TPSA) is 93.2 Å². The molecule has 2 N–H and O–H groups in total. The Morgan fingerprint density at radius 1 is 1.09 bits per heavy atom. The first-order chi connectivity index (χ1) is 15.6. The van der Waals surface area contributed by atoms with Crippen LogP contribution in [0.5, 0.6) is 5.75 Å². The number of ether oxygens (including phenoxy) is 1. The molecule has 13 heteroatoms. The van der Waals surface area contributed by atoms with Crippen molar-refractivity contribution in [3.63, 3.8) is 0 Å². The zero-order valence-electron chi connectivity index (χ0n) is 16.9. The van der Waals surface area contributed by atoms with Gasteiger partial charge in [0.15, 0.2) is 4.34 Å². The van der Waals surface area contributed by atoms with E-state index < -0.39 is 17.6 Å². The number of hydrogen-bond donors (Lipinski definition) is 2. The van der Waals surface area contributed by atoms with Crippen molar-refractivity contribution in [2.45, 2.75) is 16.9 Å². The predicted molar refractivity (Wildman–Crippen MR) is 121 cm³/mol. The lowest BCUT2D eigenvalue weighted by atomic mass is 10.1. The van der Waals surface area contributed by atoms with Crippen LogP contribution in [-0.4, -0.2) is 34.9 Å². The summed E-state index contributed by atoms with van der Waals surface area (Å²) in [6.45, 7) is 0. The van der Waals surface area contributed by atoms with Crippen LogP contribution in [0.4, 0.5) is 24.0 Å². The highest BCUT2D eigenvalue weighted by Gasteiger charge is 2.31. The van der Waals surface area contributed by atoms with Crippen molar-refractivity contribution >= 4 is 57.3 Å². The molecule has 0 saturated carbocycles. The number of hydrogen-bond acceptors (Lipinski definition) is 7. The Labute approximate surface area is 199 Å². The lowest BCUT2D eigenvalue weighted by molar-refractivity contribution is -0.137. The van der Waals surface area contributed by atoms with Crippen LogP contribution in [-0.2, 0) is 22.2 Å². The van der Waals surface area contributed by atoms with Crippen LogP contribution in [0.1, 0.15) is 11.1 Å². The standard InChI is InChI=1S/C20H16ClF3N4O3S2/c1-31-13-5-2-11(3-6-13)8-16(29)26-18-27-28-19(33-18)32-10-17(30)25-15-9-12(20(22,23)24)4-7-14(15)21/h2-7,9H,8,10H2,1H3,(H,25,30)(H,26,27,29). The molecule has 7 nitrogen and oxygen atoms in total.